The van der Waals surface area contributed by atoms with Crippen LogP contribution < -0.4 is 21.3 Å². The molecule has 0 unspecified atom stereocenters. The molecule has 0 fully saturated rings. The van der Waals surface area contributed by atoms with Crippen molar-refractivity contribution in [2.45, 2.75) is 6.92 Å². The van der Waals surface area contributed by atoms with Gasteiger partial charge in [0.25, 0.3) is 11.5 Å². The van der Waals surface area contributed by atoms with Crippen LogP contribution >= 0.6 is 0 Å². The maximum atomic E-state index is 14.6. The summed E-state index contributed by atoms with van der Waals surface area (Å²) in [6.45, 7) is 1.66. The van der Waals surface area contributed by atoms with Gasteiger partial charge in [0.15, 0.2) is 0 Å². The molecule has 0 radical (unpaired) electrons. The molecule has 10 heteroatoms. The lowest BCUT2D eigenvalue weighted by atomic mass is 10.2. The van der Waals surface area contributed by atoms with Gasteiger partial charge in [-0.1, -0.05) is 0 Å². The number of benzene rings is 2. The van der Waals surface area contributed by atoms with E-state index in [-0.39, 0.29) is 28.7 Å². The monoisotopic (exact) mass is 449 g/mol. The van der Waals surface area contributed by atoms with Crippen molar-refractivity contribution in [3.8, 4) is 17.3 Å². The van der Waals surface area contributed by atoms with Gasteiger partial charge in [0.2, 0.25) is 5.88 Å². The summed E-state index contributed by atoms with van der Waals surface area (Å²) < 4.78 is 34.5. The third kappa shape index (κ3) is 4.54. The maximum Gasteiger partial charge on any atom is 0.267 e. The van der Waals surface area contributed by atoms with E-state index in [1.165, 1.54) is 65.6 Å². The number of nitrogens with zero attached hydrogens (tertiary/aromatic N) is 3. The number of carbonyl (C=O) groups excluding carboxylic acids is 1. The van der Waals surface area contributed by atoms with Crippen LogP contribution in [0.4, 0.5) is 20.3 Å². The first-order valence-electron chi connectivity index (χ1n) is 9.67. The van der Waals surface area contributed by atoms with Gasteiger partial charge in [0.05, 0.1) is 11.3 Å². The SMILES string of the molecule is Cc1c(N)ncnc1Oc1ccc(NC(=O)c2cccn(-c3ccc(F)cc3)c2=O)c(F)c1. The van der Waals surface area contributed by atoms with Gasteiger partial charge in [-0.25, -0.2) is 18.7 Å². The van der Waals surface area contributed by atoms with Crippen LogP contribution in [0.5, 0.6) is 11.6 Å². The number of rotatable bonds is 5. The van der Waals surface area contributed by atoms with Gasteiger partial charge >= 0.3 is 0 Å². The van der Waals surface area contributed by atoms with Crippen molar-refractivity contribution in [1.29, 1.82) is 0 Å². The Bertz CT molecular complexity index is 1400. The molecule has 8 nitrogen and oxygen atoms in total. The molecule has 4 aromatic rings. The number of anilines is 2. The highest BCUT2D eigenvalue weighted by Crippen LogP contribution is 2.27. The van der Waals surface area contributed by atoms with E-state index in [0.717, 1.165) is 6.07 Å². The van der Waals surface area contributed by atoms with E-state index in [1.807, 2.05) is 0 Å². The molecule has 2 heterocycles. The normalized spacial score (nSPS) is 10.6. The van der Waals surface area contributed by atoms with E-state index in [9.17, 15) is 18.4 Å². The lowest BCUT2D eigenvalue weighted by Gasteiger charge is -2.11. The number of nitrogens with one attached hydrogen (secondary N) is 1. The minimum atomic E-state index is -0.802. The molecule has 4 rings (SSSR count). The summed E-state index contributed by atoms with van der Waals surface area (Å²) in [7, 11) is 0. The Morgan fingerprint density at radius 3 is 2.58 bits per heavy atom. The van der Waals surface area contributed by atoms with Crippen LogP contribution in [-0.2, 0) is 0 Å². The van der Waals surface area contributed by atoms with E-state index >= 15 is 0 Å². The Morgan fingerprint density at radius 2 is 1.85 bits per heavy atom. The van der Waals surface area contributed by atoms with Gasteiger partial charge in [0, 0.05) is 18.0 Å². The van der Waals surface area contributed by atoms with Crippen LogP contribution in [0.2, 0.25) is 0 Å². The van der Waals surface area contributed by atoms with Crippen LogP contribution in [0, 0.1) is 18.6 Å². The van der Waals surface area contributed by atoms with Crippen LogP contribution in [0.15, 0.2) is 71.9 Å². The number of halogens is 2. The number of aromatic nitrogens is 3. The van der Waals surface area contributed by atoms with Gasteiger partial charge in [-0.3, -0.25) is 14.2 Å². The summed E-state index contributed by atoms with van der Waals surface area (Å²) in [5.41, 5.74) is 5.58. The lowest BCUT2D eigenvalue weighted by Crippen LogP contribution is -2.28. The molecular weight excluding hydrogens is 432 g/mol. The highest BCUT2D eigenvalue weighted by atomic mass is 19.1. The summed E-state index contributed by atoms with van der Waals surface area (Å²) in [6, 6.07) is 11.8. The van der Waals surface area contributed by atoms with Gasteiger partial charge in [-0.2, -0.15) is 0 Å². The van der Waals surface area contributed by atoms with Crippen LogP contribution in [0.25, 0.3) is 5.69 Å². The lowest BCUT2D eigenvalue weighted by molar-refractivity contribution is 0.102. The average molecular weight is 449 g/mol. The molecule has 1 amide bonds. The molecule has 0 aliphatic carbocycles. The van der Waals surface area contributed by atoms with E-state index in [2.05, 4.69) is 15.3 Å². The van der Waals surface area contributed by atoms with Crippen LogP contribution in [0.3, 0.4) is 0 Å². The summed E-state index contributed by atoms with van der Waals surface area (Å²) in [5.74, 6) is -1.51. The zero-order chi connectivity index (χ0) is 23.5. The number of hydrogen-bond donors (Lipinski definition) is 2. The number of pyridine rings is 1. The molecular formula is C23H17F2N5O3. The molecule has 3 N–H and O–H groups in total. The number of amides is 1. The fraction of sp³-hybridized carbons (Fsp3) is 0.0435. The Balaban J connectivity index is 1.55. The molecule has 2 aromatic heterocycles. The Kier molecular flexibility index (Phi) is 5.81. The number of nitrogens with two attached hydrogens (primary N) is 1. The van der Waals surface area contributed by atoms with E-state index < -0.39 is 23.1 Å². The highest BCUT2D eigenvalue weighted by Gasteiger charge is 2.16. The predicted octanol–water partition coefficient (Wildman–Crippen LogP) is 3.84. The molecule has 0 bridgehead atoms. The zero-order valence-corrected chi connectivity index (χ0v) is 17.3. The summed E-state index contributed by atoms with van der Waals surface area (Å²) in [5, 5.41) is 2.38. The second kappa shape index (κ2) is 8.87. The Labute approximate surface area is 186 Å². The van der Waals surface area contributed by atoms with Crippen molar-refractivity contribution in [2.24, 2.45) is 0 Å². The molecule has 0 saturated heterocycles. The van der Waals surface area contributed by atoms with E-state index in [4.69, 9.17) is 10.5 Å². The van der Waals surface area contributed by atoms with E-state index in [0.29, 0.717) is 11.3 Å². The number of carbonyl (C=O) groups is 1. The molecule has 2 aromatic carbocycles. The molecule has 33 heavy (non-hydrogen) atoms. The average Bonchev–Trinajstić information content (AvgIpc) is 2.79. The molecule has 0 aliphatic rings. The Hall–Kier alpha value is -4.60. The van der Waals surface area contributed by atoms with Gasteiger partial charge in [-0.15, -0.1) is 0 Å². The Morgan fingerprint density at radius 1 is 1.09 bits per heavy atom. The van der Waals surface area contributed by atoms with Crippen LogP contribution in [0.1, 0.15) is 15.9 Å². The van der Waals surface area contributed by atoms with Gasteiger partial charge < -0.3 is 15.8 Å². The van der Waals surface area contributed by atoms with Crippen LogP contribution in [-0.4, -0.2) is 20.4 Å². The first kappa shape index (κ1) is 21.6. The second-order valence-electron chi connectivity index (χ2n) is 6.96. The maximum absolute atomic E-state index is 14.6. The molecule has 0 aliphatic heterocycles. The summed E-state index contributed by atoms with van der Waals surface area (Å²) in [6.07, 6.45) is 2.67. The van der Waals surface area contributed by atoms with Crippen molar-refractivity contribution in [3.63, 3.8) is 0 Å². The second-order valence-corrected chi connectivity index (χ2v) is 6.96. The minimum Gasteiger partial charge on any atom is -0.438 e. The fourth-order valence-electron chi connectivity index (χ4n) is 2.98. The number of ether oxygens (including phenoxy) is 1. The molecule has 0 saturated carbocycles. The van der Waals surface area contributed by atoms with Crippen molar-refractivity contribution < 1.29 is 18.3 Å². The van der Waals surface area contributed by atoms with Gasteiger partial charge in [0.1, 0.15) is 35.1 Å². The smallest absolute Gasteiger partial charge is 0.267 e. The zero-order valence-electron chi connectivity index (χ0n) is 17.3. The first-order valence-corrected chi connectivity index (χ1v) is 9.67. The topological polar surface area (TPSA) is 112 Å². The minimum absolute atomic E-state index is 0.130. The van der Waals surface area contributed by atoms with Crippen molar-refractivity contribution in [1.82, 2.24) is 14.5 Å². The van der Waals surface area contributed by atoms with E-state index in [1.54, 1.807) is 6.92 Å². The third-order valence-corrected chi connectivity index (χ3v) is 4.78. The number of nitrogen functional groups attached to an aromatic ring is 1. The highest BCUT2D eigenvalue weighted by molar-refractivity contribution is 6.04. The molecule has 0 atom stereocenters. The fourth-order valence-corrected chi connectivity index (χ4v) is 2.98. The first-order chi connectivity index (χ1) is 15.8. The number of hydrogen-bond acceptors (Lipinski definition) is 6. The standard InChI is InChI=1S/C23H17F2N5O3/c1-13-20(26)27-12-28-22(13)33-16-8-9-19(18(25)11-16)29-21(31)17-3-2-10-30(23(17)32)15-6-4-14(24)5-7-15/h2-12H,1H3,(H,29,31)(H2,26,27,28). The van der Waals surface area contributed by atoms with Crippen molar-refractivity contribution in [3.05, 3.63) is 100 Å². The third-order valence-electron chi connectivity index (χ3n) is 4.78. The van der Waals surface area contributed by atoms with Gasteiger partial charge in [-0.05, 0) is 55.5 Å². The summed E-state index contributed by atoms with van der Waals surface area (Å²) in [4.78, 5) is 33.2. The molecule has 0 spiro atoms. The van der Waals surface area contributed by atoms with Crippen molar-refractivity contribution in [2.75, 3.05) is 11.1 Å². The quantitative estimate of drug-likeness (QED) is 0.479. The molecule has 166 valence electrons. The summed E-state index contributed by atoms with van der Waals surface area (Å²) >= 11 is 0. The van der Waals surface area contributed by atoms with Crippen molar-refractivity contribution >= 4 is 17.4 Å². The largest absolute Gasteiger partial charge is 0.438 e. The predicted molar refractivity (Wildman–Crippen MR) is 118 cm³/mol.